The second-order valence-electron chi connectivity index (χ2n) is 9.91. The predicted octanol–water partition coefficient (Wildman–Crippen LogP) is 4.59. The Labute approximate surface area is 224 Å². The molecule has 1 aliphatic carbocycles. The highest BCUT2D eigenvalue weighted by atomic mass is 19.1. The molecule has 200 valence electrons. The molecule has 2 aliphatic rings. The van der Waals surface area contributed by atoms with Gasteiger partial charge in [0.15, 0.2) is 0 Å². The first-order valence-electron chi connectivity index (χ1n) is 13.0. The smallest absolute Gasteiger partial charge is 0.409 e. The van der Waals surface area contributed by atoms with Crippen molar-refractivity contribution in [3.05, 3.63) is 71.7 Å². The quantitative estimate of drug-likeness (QED) is 0.342. The molecular weight excluding hydrogens is 501 g/mol. The lowest BCUT2D eigenvalue weighted by Gasteiger charge is -2.20. The highest BCUT2D eigenvalue weighted by Crippen LogP contribution is 2.40. The zero-order valence-electron chi connectivity index (χ0n) is 21.4. The summed E-state index contributed by atoms with van der Waals surface area (Å²) in [5.74, 6) is 0.571. The van der Waals surface area contributed by atoms with Gasteiger partial charge in [-0.2, -0.15) is 0 Å². The average Bonchev–Trinajstić information content (AvgIpc) is 3.61. The average molecular weight is 530 g/mol. The number of fused-ring (bicyclic) bond motifs is 1. The molecule has 0 spiro atoms. The molecule has 10 nitrogen and oxygen atoms in total. The van der Waals surface area contributed by atoms with E-state index in [-0.39, 0.29) is 29.0 Å². The van der Waals surface area contributed by atoms with Crippen LogP contribution in [0.3, 0.4) is 0 Å². The summed E-state index contributed by atoms with van der Waals surface area (Å²) in [6, 6.07) is 8.07. The normalized spacial score (nSPS) is 15.9. The van der Waals surface area contributed by atoms with E-state index in [1.807, 2.05) is 19.1 Å². The van der Waals surface area contributed by atoms with E-state index in [0.717, 1.165) is 18.4 Å². The van der Waals surface area contributed by atoms with Crippen molar-refractivity contribution in [2.75, 3.05) is 30.7 Å². The molecule has 1 aromatic carbocycles. The van der Waals surface area contributed by atoms with Crippen molar-refractivity contribution in [3.8, 4) is 11.3 Å². The van der Waals surface area contributed by atoms with Crippen molar-refractivity contribution in [3.63, 3.8) is 0 Å². The fourth-order valence-corrected chi connectivity index (χ4v) is 5.04. The number of nitrogen functional groups attached to an aromatic ring is 1. The van der Waals surface area contributed by atoms with Crippen molar-refractivity contribution < 1.29 is 18.7 Å². The van der Waals surface area contributed by atoms with E-state index in [9.17, 15) is 9.59 Å². The number of hydrogen-bond donors (Lipinski definition) is 2. The van der Waals surface area contributed by atoms with Crippen LogP contribution in [0.4, 0.5) is 20.8 Å². The minimum atomic E-state index is -0.617. The van der Waals surface area contributed by atoms with Crippen molar-refractivity contribution in [1.29, 1.82) is 0 Å². The van der Waals surface area contributed by atoms with Crippen LogP contribution < -0.4 is 11.1 Å². The first kappa shape index (κ1) is 24.8. The van der Waals surface area contributed by atoms with Crippen molar-refractivity contribution in [1.82, 2.24) is 24.3 Å². The van der Waals surface area contributed by atoms with E-state index in [0.29, 0.717) is 54.9 Å². The Morgan fingerprint density at radius 1 is 1.23 bits per heavy atom. The van der Waals surface area contributed by atoms with Crippen LogP contribution in [0.2, 0.25) is 0 Å². The molecule has 39 heavy (non-hydrogen) atoms. The molecule has 6 rings (SSSR count). The lowest BCUT2D eigenvalue weighted by Crippen LogP contribution is -2.30. The largest absolute Gasteiger partial charge is 0.448 e. The SMILES string of the molecule is CCC(CN1CCOC1=O)c1nc(-c2ccc(C(=O)Nc3cc(C4CC4)ccn3)cc2F)c2c(N)nccn12. The molecule has 1 unspecified atom stereocenters. The minimum absolute atomic E-state index is 0.147. The zero-order chi connectivity index (χ0) is 27.1. The molecule has 1 atom stereocenters. The van der Waals surface area contributed by atoms with Gasteiger partial charge in [0.25, 0.3) is 5.91 Å². The standard InChI is InChI=1S/C28H28FN7O3/c1-2-16(15-35-11-12-39-28(35)38)26-34-23(24-25(30)32-9-10-36(24)26)20-6-5-19(13-21(20)29)27(37)33-22-14-18(7-8-31-22)17-3-4-17/h5-10,13-14,16-17H,2-4,11-12,15H2,1H3,(H2,30,32)(H,31,33,37). The maximum Gasteiger partial charge on any atom is 0.409 e. The summed E-state index contributed by atoms with van der Waals surface area (Å²) < 4.78 is 22.4. The summed E-state index contributed by atoms with van der Waals surface area (Å²) in [5, 5.41) is 2.76. The van der Waals surface area contributed by atoms with Crippen LogP contribution >= 0.6 is 0 Å². The molecule has 0 radical (unpaired) electrons. The van der Waals surface area contributed by atoms with Crippen LogP contribution in [0.1, 0.15) is 59.8 Å². The van der Waals surface area contributed by atoms with Gasteiger partial charge < -0.3 is 20.7 Å². The first-order chi connectivity index (χ1) is 18.9. The maximum atomic E-state index is 15.6. The Hall–Kier alpha value is -4.54. The molecule has 11 heteroatoms. The molecular formula is C28H28FN7O3. The van der Waals surface area contributed by atoms with Gasteiger partial charge in [-0.25, -0.2) is 24.1 Å². The van der Waals surface area contributed by atoms with Crippen LogP contribution in [0.25, 0.3) is 16.8 Å². The number of carbonyl (C=O) groups is 2. The summed E-state index contributed by atoms with van der Waals surface area (Å²) in [5.41, 5.74) is 8.51. The third-order valence-electron chi connectivity index (χ3n) is 7.31. The number of benzene rings is 1. The van der Waals surface area contributed by atoms with E-state index in [4.69, 9.17) is 15.5 Å². The molecule has 3 aromatic heterocycles. The zero-order valence-corrected chi connectivity index (χ0v) is 21.4. The van der Waals surface area contributed by atoms with E-state index in [2.05, 4.69) is 15.3 Å². The summed E-state index contributed by atoms with van der Waals surface area (Å²) in [4.78, 5) is 39.8. The van der Waals surface area contributed by atoms with E-state index >= 15 is 4.39 Å². The molecule has 4 aromatic rings. The van der Waals surface area contributed by atoms with E-state index < -0.39 is 11.7 Å². The lowest BCUT2D eigenvalue weighted by molar-refractivity contribution is 0.102. The maximum absolute atomic E-state index is 15.6. The Morgan fingerprint density at radius 2 is 2.08 bits per heavy atom. The van der Waals surface area contributed by atoms with Crippen LogP contribution in [-0.4, -0.2) is 55.9 Å². The van der Waals surface area contributed by atoms with Crippen LogP contribution in [0.15, 0.2) is 48.9 Å². The monoisotopic (exact) mass is 529 g/mol. The number of amides is 2. The van der Waals surface area contributed by atoms with Crippen LogP contribution in [0, 0.1) is 5.82 Å². The number of carbonyl (C=O) groups excluding carboxylic acids is 2. The Kier molecular flexibility index (Phi) is 6.34. The Morgan fingerprint density at radius 3 is 2.79 bits per heavy atom. The van der Waals surface area contributed by atoms with Gasteiger partial charge in [-0.3, -0.25) is 9.20 Å². The topological polar surface area (TPSA) is 128 Å². The molecule has 4 heterocycles. The number of nitrogens with two attached hydrogens (primary N) is 1. The molecule has 2 fully saturated rings. The lowest BCUT2D eigenvalue weighted by atomic mass is 10.1. The Bertz CT molecular complexity index is 1580. The number of anilines is 2. The summed E-state index contributed by atoms with van der Waals surface area (Å²) in [7, 11) is 0. The first-order valence-corrected chi connectivity index (χ1v) is 13.0. The summed E-state index contributed by atoms with van der Waals surface area (Å²) in [6.45, 7) is 3.27. The highest BCUT2D eigenvalue weighted by molar-refractivity contribution is 6.04. The van der Waals surface area contributed by atoms with Crippen molar-refractivity contribution in [2.45, 2.75) is 38.0 Å². The highest BCUT2D eigenvalue weighted by Gasteiger charge is 2.29. The number of halogens is 1. The van der Waals surface area contributed by atoms with Gasteiger partial charge in [0, 0.05) is 42.2 Å². The third-order valence-corrected chi connectivity index (χ3v) is 7.31. The number of nitrogens with one attached hydrogen (secondary N) is 1. The molecule has 0 bridgehead atoms. The van der Waals surface area contributed by atoms with Gasteiger partial charge in [0.1, 0.15) is 41.1 Å². The van der Waals surface area contributed by atoms with Crippen molar-refractivity contribution >= 4 is 29.2 Å². The van der Waals surface area contributed by atoms with Crippen LogP contribution in [-0.2, 0) is 4.74 Å². The van der Waals surface area contributed by atoms with Gasteiger partial charge in [0.05, 0.1) is 6.54 Å². The molecule has 3 N–H and O–H groups in total. The van der Waals surface area contributed by atoms with Gasteiger partial charge >= 0.3 is 6.09 Å². The second kappa shape index (κ2) is 9.97. The minimum Gasteiger partial charge on any atom is -0.448 e. The summed E-state index contributed by atoms with van der Waals surface area (Å²) >= 11 is 0. The van der Waals surface area contributed by atoms with Gasteiger partial charge in [-0.1, -0.05) is 6.92 Å². The van der Waals surface area contributed by atoms with Gasteiger partial charge in [-0.15, -0.1) is 0 Å². The Balaban J connectivity index is 1.31. The summed E-state index contributed by atoms with van der Waals surface area (Å²) in [6.07, 6.45) is 7.56. The second-order valence-corrected chi connectivity index (χ2v) is 9.91. The molecule has 2 amide bonds. The molecule has 1 aliphatic heterocycles. The number of nitrogens with zero attached hydrogens (tertiary/aromatic N) is 5. The van der Waals surface area contributed by atoms with Gasteiger partial charge in [0.2, 0.25) is 0 Å². The number of pyridine rings is 1. The number of hydrogen-bond acceptors (Lipinski definition) is 7. The number of cyclic esters (lactones) is 1. The number of aromatic nitrogens is 4. The van der Waals surface area contributed by atoms with Gasteiger partial charge in [-0.05, 0) is 61.1 Å². The number of ether oxygens (including phenoxy) is 1. The third kappa shape index (κ3) is 4.75. The number of imidazole rings is 1. The number of rotatable bonds is 8. The van der Waals surface area contributed by atoms with E-state index in [1.165, 1.54) is 12.1 Å². The fraction of sp³-hybridized carbons (Fsp3) is 0.321. The molecule has 1 saturated heterocycles. The van der Waals surface area contributed by atoms with E-state index in [1.54, 1.807) is 34.0 Å². The van der Waals surface area contributed by atoms with Crippen molar-refractivity contribution in [2.24, 2.45) is 0 Å². The molecule has 1 saturated carbocycles. The fourth-order valence-electron chi connectivity index (χ4n) is 5.04. The van der Waals surface area contributed by atoms with Crippen LogP contribution in [0.5, 0.6) is 0 Å². The predicted molar refractivity (Wildman–Crippen MR) is 143 cm³/mol.